The minimum atomic E-state index is -1.33. The van der Waals surface area contributed by atoms with Gasteiger partial charge in [0, 0.05) is 9.89 Å². The first-order valence-corrected chi connectivity index (χ1v) is 7.86. The lowest BCUT2D eigenvalue weighted by Gasteiger charge is -2.45. The largest absolute Gasteiger partial charge is 0.379 e. The fraction of sp³-hybridized carbons (Fsp3) is 0.538. The number of benzene rings is 1. The molecule has 5 heteroatoms. The van der Waals surface area contributed by atoms with Crippen LogP contribution in [0, 0.1) is 0 Å². The Kier molecular flexibility index (Phi) is 3.97. The molecule has 0 saturated carbocycles. The van der Waals surface area contributed by atoms with Gasteiger partial charge in [-0.15, -0.1) is 0 Å². The summed E-state index contributed by atoms with van der Waals surface area (Å²) in [6, 6.07) is 8.26. The zero-order valence-electron chi connectivity index (χ0n) is 10.6. The second kappa shape index (κ2) is 5.04. The zero-order valence-corrected chi connectivity index (χ0v) is 13.0. The van der Waals surface area contributed by atoms with Crippen molar-refractivity contribution >= 4 is 26.9 Å². The van der Waals surface area contributed by atoms with Crippen molar-refractivity contribution in [2.75, 3.05) is 13.2 Å². The summed E-state index contributed by atoms with van der Waals surface area (Å²) in [5.41, 5.74) is 1.19. The molecule has 0 spiro atoms. The fourth-order valence-electron chi connectivity index (χ4n) is 2.41. The monoisotopic (exact) mass is 331 g/mol. The van der Waals surface area contributed by atoms with E-state index in [-0.39, 0.29) is 5.41 Å². The van der Waals surface area contributed by atoms with Crippen molar-refractivity contribution in [1.29, 1.82) is 0 Å². The number of rotatable bonds is 4. The summed E-state index contributed by atoms with van der Waals surface area (Å²) in [5, 5.41) is 5.58. The molecule has 1 atom stereocenters. The van der Waals surface area contributed by atoms with Gasteiger partial charge in [-0.05, 0) is 38.0 Å². The molecule has 1 aliphatic heterocycles. The van der Waals surface area contributed by atoms with Crippen LogP contribution in [0.1, 0.15) is 25.8 Å². The van der Waals surface area contributed by atoms with Crippen LogP contribution in [0.2, 0.25) is 0 Å². The Hall–Kier alpha value is -0.230. The first kappa shape index (κ1) is 14.2. The summed E-state index contributed by atoms with van der Waals surface area (Å²) in [4.78, 5) is 0. The van der Waals surface area contributed by atoms with Crippen molar-refractivity contribution in [2.24, 2.45) is 5.14 Å². The standard InChI is InChI=1S/C13H18BrNO2S/c1-12(2,18(15)16)7-13(8-17-9-13)10-3-5-11(14)6-4-10/h3-6H,7-9,15H2,1-2H3. The summed E-state index contributed by atoms with van der Waals surface area (Å²) < 4.78 is 17.7. The van der Waals surface area contributed by atoms with Gasteiger partial charge in [-0.3, -0.25) is 5.14 Å². The third kappa shape index (κ3) is 2.69. The molecular weight excluding hydrogens is 314 g/mol. The molecule has 0 aliphatic carbocycles. The van der Waals surface area contributed by atoms with Gasteiger partial charge < -0.3 is 4.74 Å². The molecule has 18 heavy (non-hydrogen) atoms. The van der Waals surface area contributed by atoms with Crippen LogP contribution in [-0.4, -0.2) is 22.2 Å². The van der Waals surface area contributed by atoms with E-state index >= 15 is 0 Å². The highest BCUT2D eigenvalue weighted by Crippen LogP contribution is 2.41. The molecule has 1 aromatic rings. The van der Waals surface area contributed by atoms with Gasteiger partial charge in [-0.1, -0.05) is 28.1 Å². The van der Waals surface area contributed by atoms with Gasteiger partial charge in [-0.2, -0.15) is 0 Å². The molecule has 0 radical (unpaired) electrons. The maximum absolute atomic E-state index is 11.6. The predicted octanol–water partition coefficient (Wildman–Crippen LogP) is 2.51. The minimum absolute atomic E-state index is 0.0424. The first-order valence-electron chi connectivity index (χ1n) is 5.86. The van der Waals surface area contributed by atoms with E-state index in [9.17, 15) is 4.21 Å². The van der Waals surface area contributed by atoms with Gasteiger partial charge in [0.15, 0.2) is 0 Å². The maximum Gasteiger partial charge on any atom is 0.0945 e. The van der Waals surface area contributed by atoms with Crippen molar-refractivity contribution in [3.63, 3.8) is 0 Å². The summed E-state index contributed by atoms with van der Waals surface area (Å²) in [7, 11) is -1.33. The molecule has 1 unspecified atom stereocenters. The molecule has 1 saturated heterocycles. The highest BCUT2D eigenvalue weighted by molar-refractivity contribution is 9.10. The van der Waals surface area contributed by atoms with E-state index in [1.165, 1.54) is 5.56 Å². The SMILES string of the molecule is CC(C)(CC1(c2ccc(Br)cc2)COC1)S(N)=O. The van der Waals surface area contributed by atoms with Gasteiger partial charge >= 0.3 is 0 Å². The highest BCUT2D eigenvalue weighted by atomic mass is 79.9. The summed E-state index contributed by atoms with van der Waals surface area (Å²) in [6.07, 6.45) is 0.769. The van der Waals surface area contributed by atoms with Crippen molar-refractivity contribution < 1.29 is 8.95 Å². The number of halogens is 1. The van der Waals surface area contributed by atoms with Gasteiger partial charge in [0.25, 0.3) is 0 Å². The normalized spacial score (nSPS) is 20.2. The maximum atomic E-state index is 11.6. The Labute approximate surface area is 119 Å². The van der Waals surface area contributed by atoms with E-state index in [1.807, 2.05) is 26.0 Å². The zero-order chi connectivity index (χ0) is 13.4. The van der Waals surface area contributed by atoms with Crippen molar-refractivity contribution in [3.8, 4) is 0 Å². The number of hydrogen-bond donors (Lipinski definition) is 1. The van der Waals surface area contributed by atoms with Crippen molar-refractivity contribution in [2.45, 2.75) is 30.4 Å². The van der Waals surface area contributed by atoms with Gasteiger partial charge in [0.2, 0.25) is 0 Å². The van der Waals surface area contributed by atoms with Gasteiger partial charge in [0.1, 0.15) is 0 Å². The average molecular weight is 332 g/mol. The molecule has 2 N–H and O–H groups in total. The second-order valence-corrected chi connectivity index (χ2v) is 8.13. The predicted molar refractivity (Wildman–Crippen MR) is 77.7 cm³/mol. The van der Waals surface area contributed by atoms with Crippen LogP contribution in [0.3, 0.4) is 0 Å². The molecule has 1 aliphatic rings. The third-order valence-corrected chi connectivity index (χ3v) is 5.28. The van der Waals surface area contributed by atoms with E-state index in [0.29, 0.717) is 13.2 Å². The average Bonchev–Trinajstić information content (AvgIpc) is 2.25. The fourth-order valence-corrected chi connectivity index (χ4v) is 3.09. The molecule has 3 nitrogen and oxygen atoms in total. The Morgan fingerprint density at radius 3 is 2.33 bits per heavy atom. The lowest BCUT2D eigenvalue weighted by Crippen LogP contribution is -2.52. The summed E-state index contributed by atoms with van der Waals surface area (Å²) in [6.45, 7) is 5.24. The van der Waals surface area contributed by atoms with Gasteiger partial charge in [0.05, 0.1) is 28.9 Å². The molecule has 0 bridgehead atoms. The van der Waals surface area contributed by atoms with Gasteiger partial charge in [-0.25, -0.2) is 4.21 Å². The summed E-state index contributed by atoms with van der Waals surface area (Å²) >= 11 is 3.44. The smallest absolute Gasteiger partial charge is 0.0945 e. The molecule has 2 rings (SSSR count). The van der Waals surface area contributed by atoms with E-state index in [2.05, 4.69) is 28.1 Å². The van der Waals surface area contributed by atoms with Crippen LogP contribution in [-0.2, 0) is 21.1 Å². The van der Waals surface area contributed by atoms with Crippen molar-refractivity contribution in [1.82, 2.24) is 0 Å². The second-order valence-electron chi connectivity index (χ2n) is 5.51. The van der Waals surface area contributed by atoms with Crippen LogP contribution >= 0.6 is 15.9 Å². The number of hydrogen-bond acceptors (Lipinski definition) is 2. The van der Waals surface area contributed by atoms with Crippen molar-refractivity contribution in [3.05, 3.63) is 34.3 Å². The molecule has 100 valence electrons. The Balaban J connectivity index is 2.26. The quantitative estimate of drug-likeness (QED) is 0.921. The lowest BCUT2D eigenvalue weighted by molar-refractivity contribution is -0.0678. The Morgan fingerprint density at radius 2 is 1.94 bits per heavy atom. The molecule has 0 aromatic heterocycles. The van der Waals surface area contributed by atoms with E-state index in [4.69, 9.17) is 9.88 Å². The molecule has 1 fully saturated rings. The van der Waals surface area contributed by atoms with E-state index in [1.54, 1.807) is 0 Å². The Bertz CT molecular complexity index is 455. The number of nitrogens with two attached hydrogens (primary N) is 1. The number of ether oxygens (including phenoxy) is 1. The van der Waals surface area contributed by atoms with Crippen LogP contribution in [0.15, 0.2) is 28.7 Å². The van der Waals surface area contributed by atoms with Crippen LogP contribution < -0.4 is 5.14 Å². The molecule has 0 amide bonds. The van der Waals surface area contributed by atoms with Crippen LogP contribution in [0.4, 0.5) is 0 Å². The topological polar surface area (TPSA) is 52.3 Å². The molecule has 1 aromatic carbocycles. The van der Waals surface area contributed by atoms with Crippen LogP contribution in [0.5, 0.6) is 0 Å². The van der Waals surface area contributed by atoms with E-state index < -0.39 is 15.7 Å². The first-order chi connectivity index (χ1) is 8.36. The van der Waals surface area contributed by atoms with E-state index in [0.717, 1.165) is 10.9 Å². The lowest BCUT2D eigenvalue weighted by atomic mass is 9.72. The third-order valence-electron chi connectivity index (χ3n) is 3.52. The summed E-state index contributed by atoms with van der Waals surface area (Å²) in [5.74, 6) is 0. The molecule has 1 heterocycles. The highest BCUT2D eigenvalue weighted by Gasteiger charge is 2.45. The van der Waals surface area contributed by atoms with Crippen LogP contribution in [0.25, 0.3) is 0 Å². The minimum Gasteiger partial charge on any atom is -0.379 e. The Morgan fingerprint density at radius 1 is 1.39 bits per heavy atom. The molecular formula is C13H18BrNO2S.